The molecule has 0 aliphatic heterocycles. The number of hydrogen-bond donors (Lipinski definition) is 1. The molecule has 4 heteroatoms. The first-order chi connectivity index (χ1) is 8.10. The molecule has 2 aromatic rings. The highest BCUT2D eigenvalue weighted by Crippen LogP contribution is 2.24. The van der Waals surface area contributed by atoms with Crippen molar-refractivity contribution in [1.82, 2.24) is 9.55 Å². The fourth-order valence-corrected chi connectivity index (χ4v) is 2.24. The van der Waals surface area contributed by atoms with Gasteiger partial charge < -0.3 is 9.88 Å². The van der Waals surface area contributed by atoms with E-state index < -0.39 is 0 Å². The van der Waals surface area contributed by atoms with Crippen LogP contribution in [0, 0.1) is 6.92 Å². The number of rotatable bonds is 3. The van der Waals surface area contributed by atoms with Crippen LogP contribution in [0.5, 0.6) is 0 Å². The maximum Gasteiger partial charge on any atom is 0.207 e. The number of benzene rings is 1. The topological polar surface area (TPSA) is 29.9 Å². The van der Waals surface area contributed by atoms with Gasteiger partial charge in [0, 0.05) is 23.4 Å². The largest absolute Gasteiger partial charge is 0.325 e. The summed E-state index contributed by atoms with van der Waals surface area (Å²) in [5.74, 6) is 0.875. The number of imidazole rings is 1. The van der Waals surface area contributed by atoms with E-state index in [1.807, 2.05) is 30.8 Å². The molecule has 0 aliphatic rings. The molecule has 17 heavy (non-hydrogen) atoms. The van der Waals surface area contributed by atoms with Crippen molar-refractivity contribution in [1.29, 1.82) is 0 Å². The van der Waals surface area contributed by atoms with Crippen LogP contribution in [0.2, 0.25) is 0 Å². The van der Waals surface area contributed by atoms with Crippen LogP contribution in [0.15, 0.2) is 28.9 Å². The van der Waals surface area contributed by atoms with Crippen molar-refractivity contribution in [3.05, 3.63) is 40.1 Å². The molecule has 2 rings (SSSR count). The van der Waals surface area contributed by atoms with Crippen LogP contribution >= 0.6 is 15.9 Å². The lowest BCUT2D eigenvalue weighted by molar-refractivity contribution is 0.922. The summed E-state index contributed by atoms with van der Waals surface area (Å²) < 4.78 is 3.10. The van der Waals surface area contributed by atoms with Crippen LogP contribution in [-0.4, -0.2) is 9.55 Å². The van der Waals surface area contributed by atoms with Crippen molar-refractivity contribution in [3.8, 4) is 0 Å². The Bertz CT molecular complexity index is 531. The summed E-state index contributed by atoms with van der Waals surface area (Å²) in [5, 5.41) is 3.37. The fraction of sp³-hybridized carbons (Fsp3) is 0.308. The molecule has 1 N–H and O–H groups in total. The maximum absolute atomic E-state index is 4.44. The maximum atomic E-state index is 4.44. The molecule has 1 aromatic carbocycles. The van der Waals surface area contributed by atoms with Gasteiger partial charge >= 0.3 is 0 Å². The number of aryl methyl sites for hydroxylation is 3. The zero-order valence-corrected chi connectivity index (χ0v) is 11.9. The second-order valence-corrected chi connectivity index (χ2v) is 5.01. The third kappa shape index (κ3) is 2.69. The minimum absolute atomic E-state index is 0.875. The van der Waals surface area contributed by atoms with Crippen LogP contribution in [0.25, 0.3) is 0 Å². The number of nitrogens with zero attached hydrogens (tertiary/aromatic N) is 2. The Morgan fingerprint density at radius 2 is 2.18 bits per heavy atom. The van der Waals surface area contributed by atoms with Gasteiger partial charge in [-0.05, 0) is 37.1 Å². The number of nitrogens with one attached hydrogen (secondary N) is 1. The minimum Gasteiger partial charge on any atom is -0.325 e. The standard InChI is InChI=1S/C13H16BrN3/c1-4-10-7-11(14)5-6-12(10)16-13-15-9(2)8-17(13)3/h5-8H,4H2,1-3H3,(H,15,16). The van der Waals surface area contributed by atoms with E-state index in [2.05, 4.69) is 45.3 Å². The van der Waals surface area contributed by atoms with Gasteiger partial charge in [-0.25, -0.2) is 4.98 Å². The smallest absolute Gasteiger partial charge is 0.207 e. The third-order valence-corrected chi connectivity index (χ3v) is 3.18. The molecule has 0 unspecified atom stereocenters. The first-order valence-electron chi connectivity index (χ1n) is 5.65. The van der Waals surface area contributed by atoms with Crippen LogP contribution in [0.4, 0.5) is 11.6 Å². The number of hydrogen-bond acceptors (Lipinski definition) is 2. The molecule has 0 atom stereocenters. The summed E-state index contributed by atoms with van der Waals surface area (Å²) in [4.78, 5) is 4.44. The Balaban J connectivity index is 2.32. The zero-order chi connectivity index (χ0) is 12.4. The number of halogens is 1. The lowest BCUT2D eigenvalue weighted by Gasteiger charge is -2.10. The van der Waals surface area contributed by atoms with Crippen LogP contribution < -0.4 is 5.32 Å². The van der Waals surface area contributed by atoms with Gasteiger partial charge in [0.25, 0.3) is 0 Å². The average molecular weight is 294 g/mol. The minimum atomic E-state index is 0.875. The van der Waals surface area contributed by atoms with E-state index in [0.717, 1.165) is 28.2 Å². The lowest BCUT2D eigenvalue weighted by Crippen LogP contribution is -2.01. The molecule has 0 radical (unpaired) electrons. The normalized spacial score (nSPS) is 10.6. The molecule has 0 amide bonds. The summed E-state index contributed by atoms with van der Waals surface area (Å²) in [5.41, 5.74) is 3.41. The molecule has 0 aliphatic carbocycles. The van der Waals surface area contributed by atoms with E-state index in [-0.39, 0.29) is 0 Å². The highest BCUT2D eigenvalue weighted by molar-refractivity contribution is 9.10. The highest BCUT2D eigenvalue weighted by Gasteiger charge is 2.06. The van der Waals surface area contributed by atoms with Crippen molar-refractivity contribution < 1.29 is 0 Å². The highest BCUT2D eigenvalue weighted by atomic mass is 79.9. The Labute approximate surface area is 110 Å². The Hall–Kier alpha value is -1.29. The number of anilines is 2. The second-order valence-electron chi connectivity index (χ2n) is 4.10. The monoisotopic (exact) mass is 293 g/mol. The Kier molecular flexibility index (Phi) is 3.52. The van der Waals surface area contributed by atoms with Gasteiger partial charge in [-0.1, -0.05) is 22.9 Å². The zero-order valence-electron chi connectivity index (χ0n) is 10.3. The van der Waals surface area contributed by atoms with Gasteiger partial charge in [0.15, 0.2) is 0 Å². The van der Waals surface area contributed by atoms with E-state index in [9.17, 15) is 0 Å². The first-order valence-corrected chi connectivity index (χ1v) is 6.45. The quantitative estimate of drug-likeness (QED) is 0.933. The van der Waals surface area contributed by atoms with E-state index in [1.165, 1.54) is 5.56 Å². The fourth-order valence-electron chi connectivity index (χ4n) is 1.83. The molecule has 1 heterocycles. The van der Waals surface area contributed by atoms with Gasteiger partial charge in [-0.3, -0.25) is 0 Å². The summed E-state index contributed by atoms with van der Waals surface area (Å²) >= 11 is 3.49. The summed E-state index contributed by atoms with van der Waals surface area (Å²) in [6.07, 6.45) is 3.00. The summed E-state index contributed by atoms with van der Waals surface area (Å²) in [6, 6.07) is 6.25. The van der Waals surface area contributed by atoms with Gasteiger partial charge in [-0.2, -0.15) is 0 Å². The molecule has 0 spiro atoms. The van der Waals surface area contributed by atoms with Crippen LogP contribution in [0.1, 0.15) is 18.2 Å². The Morgan fingerprint density at radius 3 is 2.76 bits per heavy atom. The van der Waals surface area contributed by atoms with Gasteiger partial charge in [0.05, 0.1) is 5.69 Å². The average Bonchev–Trinajstić information content (AvgIpc) is 2.60. The molecule has 0 bridgehead atoms. The van der Waals surface area contributed by atoms with Crippen LogP contribution in [-0.2, 0) is 13.5 Å². The van der Waals surface area contributed by atoms with E-state index in [1.54, 1.807) is 0 Å². The predicted molar refractivity (Wildman–Crippen MR) is 74.7 cm³/mol. The van der Waals surface area contributed by atoms with E-state index in [0.29, 0.717) is 0 Å². The van der Waals surface area contributed by atoms with Crippen molar-refractivity contribution in [3.63, 3.8) is 0 Å². The predicted octanol–water partition coefficient (Wildman–Crippen LogP) is 3.80. The lowest BCUT2D eigenvalue weighted by atomic mass is 10.1. The molecule has 0 saturated heterocycles. The molecule has 3 nitrogen and oxygen atoms in total. The first kappa shape index (κ1) is 12.2. The van der Waals surface area contributed by atoms with Gasteiger partial charge in [0.1, 0.15) is 0 Å². The SMILES string of the molecule is CCc1cc(Br)ccc1Nc1nc(C)cn1C. The summed E-state index contributed by atoms with van der Waals surface area (Å²) in [7, 11) is 1.99. The second kappa shape index (κ2) is 4.92. The van der Waals surface area contributed by atoms with E-state index >= 15 is 0 Å². The molecule has 0 fully saturated rings. The Morgan fingerprint density at radius 1 is 1.41 bits per heavy atom. The van der Waals surface area contributed by atoms with Crippen molar-refractivity contribution in [2.45, 2.75) is 20.3 Å². The number of aromatic nitrogens is 2. The molecular weight excluding hydrogens is 278 g/mol. The van der Waals surface area contributed by atoms with Gasteiger partial charge in [0.2, 0.25) is 5.95 Å². The third-order valence-electron chi connectivity index (χ3n) is 2.69. The van der Waals surface area contributed by atoms with Crippen molar-refractivity contribution >= 4 is 27.6 Å². The van der Waals surface area contributed by atoms with Crippen LogP contribution in [0.3, 0.4) is 0 Å². The van der Waals surface area contributed by atoms with Gasteiger partial charge in [-0.15, -0.1) is 0 Å². The molecule has 90 valence electrons. The molecule has 0 saturated carbocycles. The molecule has 1 aromatic heterocycles. The van der Waals surface area contributed by atoms with E-state index in [4.69, 9.17) is 0 Å². The molecular formula is C13H16BrN3. The van der Waals surface area contributed by atoms with Crippen molar-refractivity contribution in [2.24, 2.45) is 7.05 Å². The van der Waals surface area contributed by atoms with Crippen molar-refractivity contribution in [2.75, 3.05) is 5.32 Å². The summed E-state index contributed by atoms with van der Waals surface area (Å²) in [6.45, 7) is 4.14.